The number of hydrogen-bond donors (Lipinski definition) is 0. The number of nitroso groups, excluding NO2 is 1. The van der Waals surface area contributed by atoms with Crippen molar-refractivity contribution in [3.05, 3.63) is 39.1 Å². The maximum absolute atomic E-state index is 10.7. The summed E-state index contributed by atoms with van der Waals surface area (Å²) in [5.41, 5.74) is 8.90. The first-order valence-electron chi connectivity index (χ1n) is 5.20. The average Bonchev–Trinajstić information content (AvgIpc) is 2.30. The van der Waals surface area contributed by atoms with Crippen molar-refractivity contribution in [2.45, 2.75) is 24.7 Å². The van der Waals surface area contributed by atoms with E-state index in [9.17, 15) is 10.2 Å². The van der Waals surface area contributed by atoms with Gasteiger partial charge in [-0.3, -0.25) is 0 Å². The lowest BCUT2D eigenvalue weighted by Gasteiger charge is -2.35. The molecule has 17 heavy (non-hydrogen) atoms. The summed E-state index contributed by atoms with van der Waals surface area (Å²) in [4.78, 5) is 13.3. The molecule has 1 saturated carbocycles. The fourth-order valence-electron chi connectivity index (χ4n) is 2.02. The van der Waals surface area contributed by atoms with Crippen molar-refractivity contribution in [2.24, 2.45) is 10.3 Å². The summed E-state index contributed by atoms with van der Waals surface area (Å²) < 4.78 is 0. The van der Waals surface area contributed by atoms with E-state index in [1.54, 1.807) is 12.1 Å². The van der Waals surface area contributed by atoms with Crippen LogP contribution in [0.25, 0.3) is 10.4 Å². The van der Waals surface area contributed by atoms with Crippen LogP contribution in [0.2, 0.25) is 0 Å². The zero-order valence-corrected chi connectivity index (χ0v) is 9.00. The molecule has 1 aliphatic carbocycles. The summed E-state index contributed by atoms with van der Waals surface area (Å²) >= 11 is 0. The number of azide groups is 1. The van der Waals surface area contributed by atoms with Crippen LogP contribution in [0.3, 0.4) is 0 Å². The van der Waals surface area contributed by atoms with E-state index < -0.39 is 5.41 Å². The first kappa shape index (κ1) is 11.1. The molecule has 1 aliphatic rings. The Bertz CT molecular complexity index is 549. The van der Waals surface area contributed by atoms with Crippen molar-refractivity contribution in [3.8, 4) is 6.07 Å². The maximum atomic E-state index is 10.7. The van der Waals surface area contributed by atoms with Gasteiger partial charge in [0.15, 0.2) is 0 Å². The van der Waals surface area contributed by atoms with E-state index in [-0.39, 0.29) is 11.4 Å². The van der Waals surface area contributed by atoms with Gasteiger partial charge in [-0.2, -0.15) is 5.26 Å². The van der Waals surface area contributed by atoms with Crippen LogP contribution in [0, 0.1) is 16.2 Å². The second kappa shape index (κ2) is 4.24. The van der Waals surface area contributed by atoms with Crippen molar-refractivity contribution in [1.82, 2.24) is 0 Å². The van der Waals surface area contributed by atoms with E-state index in [0.29, 0.717) is 0 Å². The highest BCUT2D eigenvalue weighted by Crippen LogP contribution is 2.45. The SMILES string of the molecule is N#CC1(c2ccc(N=[N+]=[N-])c(N=O)c2)CCC1. The molecule has 0 spiro atoms. The van der Waals surface area contributed by atoms with Gasteiger partial charge < -0.3 is 0 Å². The number of nitriles is 1. The first-order chi connectivity index (χ1) is 8.25. The molecule has 0 N–H and O–H groups in total. The molecule has 0 aliphatic heterocycles. The molecular formula is C11H9N5O. The molecule has 0 amide bonds. The Balaban J connectivity index is 2.49. The standard InChI is InChI=1S/C11H9N5O/c12-7-11(4-1-5-11)8-2-3-9(14-16-13)10(6-8)15-17/h2-3,6H,1,4-5H2. The minimum Gasteiger partial charge on any atom is -0.197 e. The van der Waals surface area contributed by atoms with Gasteiger partial charge in [0, 0.05) is 4.91 Å². The van der Waals surface area contributed by atoms with Crippen LogP contribution in [-0.2, 0) is 5.41 Å². The minimum atomic E-state index is -0.492. The Hall–Kier alpha value is -2.38. The zero-order chi connectivity index (χ0) is 12.3. The molecule has 0 unspecified atom stereocenters. The monoisotopic (exact) mass is 227 g/mol. The van der Waals surface area contributed by atoms with Crippen LogP contribution in [0.1, 0.15) is 24.8 Å². The minimum absolute atomic E-state index is 0.0850. The van der Waals surface area contributed by atoms with Crippen LogP contribution in [-0.4, -0.2) is 0 Å². The van der Waals surface area contributed by atoms with Crippen molar-refractivity contribution in [2.75, 3.05) is 0 Å². The van der Waals surface area contributed by atoms with Gasteiger partial charge in [0.2, 0.25) is 0 Å². The molecule has 1 fully saturated rings. The molecule has 6 nitrogen and oxygen atoms in total. The van der Waals surface area contributed by atoms with Crippen LogP contribution in [0.15, 0.2) is 28.5 Å². The molecule has 1 aromatic carbocycles. The topological polar surface area (TPSA) is 102 Å². The third-order valence-corrected chi connectivity index (χ3v) is 3.20. The Kier molecular flexibility index (Phi) is 2.77. The van der Waals surface area contributed by atoms with E-state index in [1.807, 2.05) is 0 Å². The van der Waals surface area contributed by atoms with Crippen molar-refractivity contribution in [1.29, 1.82) is 5.26 Å². The Morgan fingerprint density at radius 1 is 1.41 bits per heavy atom. The Labute approximate surface area is 97.5 Å². The van der Waals surface area contributed by atoms with Gasteiger partial charge in [-0.25, -0.2) is 0 Å². The molecular weight excluding hydrogens is 218 g/mol. The molecule has 2 rings (SSSR count). The third kappa shape index (κ3) is 1.73. The average molecular weight is 227 g/mol. The molecule has 0 radical (unpaired) electrons. The molecule has 0 saturated heterocycles. The predicted octanol–water partition coefficient (Wildman–Crippen LogP) is 3.97. The predicted molar refractivity (Wildman–Crippen MR) is 61.8 cm³/mol. The molecule has 6 heteroatoms. The van der Waals surface area contributed by atoms with Gasteiger partial charge in [0.1, 0.15) is 5.69 Å². The first-order valence-corrected chi connectivity index (χ1v) is 5.20. The van der Waals surface area contributed by atoms with Gasteiger partial charge >= 0.3 is 0 Å². The van der Waals surface area contributed by atoms with E-state index in [2.05, 4.69) is 21.3 Å². The van der Waals surface area contributed by atoms with Gasteiger partial charge in [-0.15, -0.1) is 4.91 Å². The van der Waals surface area contributed by atoms with Crippen LogP contribution >= 0.6 is 0 Å². The van der Waals surface area contributed by atoms with Crippen molar-refractivity contribution in [3.63, 3.8) is 0 Å². The summed E-state index contributed by atoms with van der Waals surface area (Å²) in [7, 11) is 0. The van der Waals surface area contributed by atoms with Gasteiger partial charge in [0.25, 0.3) is 0 Å². The van der Waals surface area contributed by atoms with Gasteiger partial charge in [0.05, 0.1) is 17.2 Å². The fraction of sp³-hybridized carbons (Fsp3) is 0.364. The summed E-state index contributed by atoms with van der Waals surface area (Å²) in [5, 5.41) is 15.4. The molecule has 0 heterocycles. The lowest BCUT2D eigenvalue weighted by molar-refractivity contribution is 0.324. The quantitative estimate of drug-likeness (QED) is 0.337. The number of hydrogen-bond acceptors (Lipinski definition) is 4. The third-order valence-electron chi connectivity index (χ3n) is 3.20. The summed E-state index contributed by atoms with van der Waals surface area (Å²) in [6, 6.07) is 7.08. The Morgan fingerprint density at radius 2 is 2.18 bits per heavy atom. The van der Waals surface area contributed by atoms with E-state index >= 15 is 0 Å². The highest BCUT2D eigenvalue weighted by molar-refractivity contribution is 5.64. The summed E-state index contributed by atoms with van der Waals surface area (Å²) in [6.07, 6.45) is 2.60. The number of nitrogens with zero attached hydrogens (tertiary/aromatic N) is 5. The van der Waals surface area contributed by atoms with Crippen LogP contribution in [0.5, 0.6) is 0 Å². The maximum Gasteiger partial charge on any atom is 0.117 e. The largest absolute Gasteiger partial charge is 0.197 e. The molecule has 1 aromatic rings. The van der Waals surface area contributed by atoms with E-state index in [4.69, 9.17) is 5.53 Å². The van der Waals surface area contributed by atoms with Crippen LogP contribution < -0.4 is 0 Å². The second-order valence-electron chi connectivity index (χ2n) is 4.03. The number of benzene rings is 1. The molecule has 0 bridgehead atoms. The zero-order valence-electron chi connectivity index (χ0n) is 9.00. The smallest absolute Gasteiger partial charge is 0.117 e. The molecule has 84 valence electrons. The lowest BCUT2D eigenvalue weighted by atomic mass is 9.65. The Morgan fingerprint density at radius 3 is 2.65 bits per heavy atom. The highest BCUT2D eigenvalue weighted by atomic mass is 16.3. The fourth-order valence-corrected chi connectivity index (χ4v) is 2.02. The number of rotatable bonds is 3. The summed E-state index contributed by atoms with van der Waals surface area (Å²) in [5.74, 6) is 0. The normalized spacial score (nSPS) is 16.2. The lowest BCUT2D eigenvalue weighted by Crippen LogP contribution is -2.32. The molecule has 0 aromatic heterocycles. The second-order valence-corrected chi connectivity index (χ2v) is 4.03. The highest BCUT2D eigenvalue weighted by Gasteiger charge is 2.39. The van der Waals surface area contributed by atoms with Crippen LogP contribution in [0.4, 0.5) is 11.4 Å². The van der Waals surface area contributed by atoms with E-state index in [1.165, 1.54) is 6.07 Å². The van der Waals surface area contributed by atoms with Crippen molar-refractivity contribution < 1.29 is 0 Å². The van der Waals surface area contributed by atoms with Gasteiger partial charge in [-0.05, 0) is 41.6 Å². The van der Waals surface area contributed by atoms with Crippen molar-refractivity contribution >= 4 is 11.4 Å². The molecule has 0 atom stereocenters. The van der Waals surface area contributed by atoms with E-state index in [0.717, 1.165) is 24.8 Å². The van der Waals surface area contributed by atoms with Gasteiger partial charge in [-0.1, -0.05) is 17.2 Å². The summed E-state index contributed by atoms with van der Waals surface area (Å²) in [6.45, 7) is 0.